The molecule has 0 bridgehead atoms. The van der Waals surface area contributed by atoms with Crippen LogP contribution in [0.15, 0.2) is 11.6 Å². The third-order valence-electron chi connectivity index (χ3n) is 7.47. The Kier molecular flexibility index (Phi) is 3.48. The number of carbonyl (C=O) groups is 1. The van der Waals surface area contributed by atoms with Crippen molar-refractivity contribution in [1.29, 1.82) is 0 Å². The van der Waals surface area contributed by atoms with Crippen molar-refractivity contribution in [3.63, 3.8) is 0 Å². The highest BCUT2D eigenvalue weighted by molar-refractivity contribution is 5.91. The fourth-order valence-corrected chi connectivity index (χ4v) is 6.33. The van der Waals surface area contributed by atoms with E-state index in [4.69, 9.17) is 0 Å². The number of aliphatic hydroxyl groups excluding tert-OH is 1. The highest BCUT2D eigenvalue weighted by atomic mass is 19.1. The zero-order chi connectivity index (χ0) is 15.5. The zero-order valence-corrected chi connectivity index (χ0v) is 13.4. The monoisotopic (exact) mass is 306 g/mol. The quantitative estimate of drug-likeness (QED) is 0.738. The normalized spacial score (nSPS) is 51.4. The van der Waals surface area contributed by atoms with Crippen LogP contribution in [0.3, 0.4) is 0 Å². The highest BCUT2D eigenvalue weighted by Crippen LogP contribution is 2.61. The van der Waals surface area contributed by atoms with Crippen molar-refractivity contribution >= 4 is 5.78 Å². The second-order valence-electron chi connectivity index (χ2n) is 8.44. The molecule has 1 N–H and O–H groups in total. The smallest absolute Gasteiger partial charge is 0.155 e. The number of aliphatic hydroxyl groups is 1. The van der Waals surface area contributed by atoms with Gasteiger partial charge in [-0.15, -0.1) is 0 Å². The minimum atomic E-state index is -0.810. The number of rotatable bonds is 0. The van der Waals surface area contributed by atoms with Crippen molar-refractivity contribution in [1.82, 2.24) is 0 Å². The topological polar surface area (TPSA) is 37.3 Å². The first-order valence-corrected chi connectivity index (χ1v) is 9.04. The average Bonchev–Trinajstić information content (AvgIpc) is 2.69. The number of halogens is 1. The minimum Gasteiger partial charge on any atom is -0.393 e. The lowest BCUT2D eigenvalue weighted by atomic mass is 9.56. The minimum absolute atomic E-state index is 0.000406. The van der Waals surface area contributed by atoms with Gasteiger partial charge in [0.05, 0.1) is 6.10 Å². The summed E-state index contributed by atoms with van der Waals surface area (Å²) in [5.41, 5.74) is 1.10. The third-order valence-corrected chi connectivity index (χ3v) is 7.47. The Morgan fingerprint density at radius 1 is 1.23 bits per heavy atom. The van der Waals surface area contributed by atoms with Crippen LogP contribution in [0.25, 0.3) is 0 Å². The van der Waals surface area contributed by atoms with E-state index in [2.05, 4.69) is 6.92 Å². The fourth-order valence-electron chi connectivity index (χ4n) is 6.33. The fraction of sp³-hybridized carbons (Fsp3) is 0.842. The molecule has 3 saturated carbocycles. The molecule has 0 aromatic carbocycles. The summed E-state index contributed by atoms with van der Waals surface area (Å²) in [5.74, 6) is 2.01. The van der Waals surface area contributed by atoms with Gasteiger partial charge >= 0.3 is 0 Å². The number of carbonyl (C=O) groups excluding carboxylic acids is 1. The molecule has 0 aliphatic heterocycles. The lowest BCUT2D eigenvalue weighted by Crippen LogP contribution is -2.45. The SMILES string of the molecule is C[C@]12CC[C@@H]3[C@H](C[C@@H](F)CC4=CC(=O)CC[C@H]43)[C@@H]1CC[C@@H]2O. The van der Waals surface area contributed by atoms with Crippen LogP contribution in [0.1, 0.15) is 58.3 Å². The maximum atomic E-state index is 14.6. The van der Waals surface area contributed by atoms with Gasteiger partial charge in [-0.2, -0.15) is 0 Å². The number of hydrogen-bond acceptors (Lipinski definition) is 2. The zero-order valence-electron chi connectivity index (χ0n) is 13.4. The average molecular weight is 306 g/mol. The van der Waals surface area contributed by atoms with Crippen LogP contribution in [0.5, 0.6) is 0 Å². The number of allylic oxidation sites excluding steroid dienone is 2. The van der Waals surface area contributed by atoms with E-state index in [1.54, 1.807) is 6.08 Å². The molecule has 0 saturated heterocycles. The molecule has 0 unspecified atom stereocenters. The van der Waals surface area contributed by atoms with Crippen LogP contribution in [-0.2, 0) is 4.79 Å². The predicted octanol–water partition coefficient (Wildman–Crippen LogP) is 3.83. The maximum absolute atomic E-state index is 14.6. The Hall–Kier alpha value is -0.700. The summed E-state index contributed by atoms with van der Waals surface area (Å²) in [6.07, 6.45) is 7.51. The van der Waals surface area contributed by atoms with E-state index in [0.717, 1.165) is 37.7 Å². The van der Waals surface area contributed by atoms with Gasteiger partial charge in [-0.25, -0.2) is 4.39 Å². The number of hydrogen-bond donors (Lipinski definition) is 1. The molecular weight excluding hydrogens is 279 g/mol. The molecule has 0 heterocycles. The lowest BCUT2D eigenvalue weighted by Gasteiger charge is -2.49. The third kappa shape index (κ3) is 2.11. The molecule has 0 amide bonds. The maximum Gasteiger partial charge on any atom is 0.155 e. The van der Waals surface area contributed by atoms with Gasteiger partial charge in [0.1, 0.15) is 6.17 Å². The van der Waals surface area contributed by atoms with Gasteiger partial charge in [-0.05, 0) is 73.7 Å². The molecule has 0 aromatic rings. The molecule has 0 spiro atoms. The van der Waals surface area contributed by atoms with Gasteiger partial charge in [0.25, 0.3) is 0 Å². The van der Waals surface area contributed by atoms with E-state index < -0.39 is 6.17 Å². The van der Waals surface area contributed by atoms with Gasteiger partial charge in [-0.3, -0.25) is 4.79 Å². The van der Waals surface area contributed by atoms with E-state index in [0.29, 0.717) is 42.9 Å². The van der Waals surface area contributed by atoms with E-state index >= 15 is 0 Å². The van der Waals surface area contributed by atoms with Gasteiger partial charge in [0.2, 0.25) is 0 Å². The van der Waals surface area contributed by atoms with Crippen molar-refractivity contribution < 1.29 is 14.3 Å². The van der Waals surface area contributed by atoms with Crippen LogP contribution in [0.2, 0.25) is 0 Å². The Morgan fingerprint density at radius 3 is 2.86 bits per heavy atom. The predicted molar refractivity (Wildman–Crippen MR) is 83.0 cm³/mol. The van der Waals surface area contributed by atoms with Crippen LogP contribution < -0.4 is 0 Å². The summed E-state index contributed by atoms with van der Waals surface area (Å²) in [7, 11) is 0. The second-order valence-corrected chi connectivity index (χ2v) is 8.44. The van der Waals surface area contributed by atoms with Gasteiger partial charge in [0.15, 0.2) is 5.78 Å². The molecule has 4 aliphatic carbocycles. The van der Waals surface area contributed by atoms with E-state index in [1.807, 2.05) is 0 Å². The summed E-state index contributed by atoms with van der Waals surface area (Å²) in [5, 5.41) is 10.4. The van der Waals surface area contributed by atoms with Gasteiger partial charge in [0, 0.05) is 12.8 Å². The van der Waals surface area contributed by atoms with Crippen LogP contribution in [0.4, 0.5) is 4.39 Å². The Bertz CT molecular complexity index is 514. The van der Waals surface area contributed by atoms with E-state index in [-0.39, 0.29) is 17.3 Å². The number of alkyl halides is 1. The molecule has 22 heavy (non-hydrogen) atoms. The Balaban J connectivity index is 1.69. The second kappa shape index (κ2) is 5.15. The number of ketones is 1. The molecule has 122 valence electrons. The van der Waals surface area contributed by atoms with Crippen molar-refractivity contribution in [2.45, 2.75) is 70.6 Å². The first-order valence-electron chi connectivity index (χ1n) is 9.04. The van der Waals surface area contributed by atoms with E-state index in [1.165, 1.54) is 0 Å². The largest absolute Gasteiger partial charge is 0.393 e. The van der Waals surface area contributed by atoms with Gasteiger partial charge in [-0.1, -0.05) is 12.5 Å². The number of fused-ring (bicyclic) bond motifs is 5. The standard InChI is InChI=1S/C19H27FO2/c1-19-7-6-15-14-3-2-13(21)9-11(14)8-12(20)10-16(15)17(19)4-5-18(19)22/h9,12,14-18,22H,2-8,10H2,1H3/t12-,14+,15-,16-,17-,18-,19-/m0/s1. The summed E-state index contributed by atoms with van der Waals surface area (Å²) in [4.78, 5) is 11.7. The van der Waals surface area contributed by atoms with Gasteiger partial charge < -0.3 is 5.11 Å². The summed E-state index contributed by atoms with van der Waals surface area (Å²) < 4.78 is 14.6. The molecule has 0 radical (unpaired) electrons. The first kappa shape index (κ1) is 14.9. The van der Waals surface area contributed by atoms with Crippen molar-refractivity contribution in [3.8, 4) is 0 Å². The van der Waals surface area contributed by atoms with Crippen molar-refractivity contribution in [2.24, 2.45) is 29.1 Å². The first-order chi connectivity index (χ1) is 10.5. The van der Waals surface area contributed by atoms with Crippen LogP contribution >= 0.6 is 0 Å². The van der Waals surface area contributed by atoms with Crippen LogP contribution in [-0.4, -0.2) is 23.2 Å². The van der Waals surface area contributed by atoms with E-state index in [9.17, 15) is 14.3 Å². The lowest BCUT2D eigenvalue weighted by molar-refractivity contribution is -0.115. The summed E-state index contributed by atoms with van der Waals surface area (Å²) >= 11 is 0. The summed E-state index contributed by atoms with van der Waals surface area (Å²) in [6.45, 7) is 2.23. The molecule has 0 aromatic heterocycles. The Morgan fingerprint density at radius 2 is 2.05 bits per heavy atom. The molecule has 3 heteroatoms. The summed E-state index contributed by atoms with van der Waals surface area (Å²) in [6, 6.07) is 0. The van der Waals surface area contributed by atoms with Crippen LogP contribution in [0, 0.1) is 29.1 Å². The van der Waals surface area contributed by atoms with Crippen molar-refractivity contribution in [3.05, 3.63) is 11.6 Å². The molecular formula is C19H27FO2. The molecule has 3 fully saturated rings. The molecule has 7 atom stereocenters. The highest BCUT2D eigenvalue weighted by Gasteiger charge is 2.56. The molecule has 4 aliphatic rings. The molecule has 4 rings (SSSR count). The Labute approximate surface area is 132 Å². The molecule has 2 nitrogen and oxygen atoms in total. The van der Waals surface area contributed by atoms with Crippen molar-refractivity contribution in [2.75, 3.05) is 0 Å².